The predicted molar refractivity (Wildman–Crippen MR) is 84.0 cm³/mol. The van der Waals surface area contributed by atoms with Crippen molar-refractivity contribution in [3.05, 3.63) is 65.8 Å². The molecule has 3 aliphatic rings. The van der Waals surface area contributed by atoms with Gasteiger partial charge in [-0.2, -0.15) is 0 Å². The van der Waals surface area contributed by atoms with Gasteiger partial charge in [-0.3, -0.25) is 0 Å². The van der Waals surface area contributed by atoms with Crippen LogP contribution in [0.5, 0.6) is 17.2 Å². The smallest absolute Gasteiger partial charge is 0.260 e. The van der Waals surface area contributed by atoms with Gasteiger partial charge in [-0.05, 0) is 35.6 Å². The lowest BCUT2D eigenvalue weighted by Gasteiger charge is -2.34. The molecular weight excluding hydrogens is 259 g/mol. The van der Waals surface area contributed by atoms with E-state index in [0.717, 1.165) is 35.8 Å². The lowest BCUT2D eigenvalue weighted by Crippen LogP contribution is -2.51. The number of hydrogen-bond donors (Lipinski definition) is 0. The third-order valence-corrected chi connectivity index (χ3v) is 4.47. The van der Waals surface area contributed by atoms with Gasteiger partial charge in [0.1, 0.15) is 17.2 Å². The number of fused-ring (bicyclic) bond motifs is 3. The molecule has 0 N–H and O–H groups in total. The Hall–Kier alpha value is -2.42. The van der Waals surface area contributed by atoms with E-state index in [2.05, 4.69) is 24.3 Å². The molecule has 0 aromatic heterocycles. The molecule has 3 heteroatoms. The van der Waals surface area contributed by atoms with E-state index >= 15 is 0 Å². The Bertz CT molecular complexity index is 820. The zero-order valence-electron chi connectivity index (χ0n) is 11.5. The highest BCUT2D eigenvalue weighted by atomic mass is 16.5. The second-order valence-corrected chi connectivity index (χ2v) is 5.66. The largest absolute Gasteiger partial charge is 0.463 e. The van der Waals surface area contributed by atoms with Gasteiger partial charge in [-0.15, -0.1) is 0 Å². The first kappa shape index (κ1) is 11.3. The maximum absolute atomic E-state index is 6.15. The van der Waals surface area contributed by atoms with Gasteiger partial charge < -0.3 is 9.47 Å². The third-order valence-electron chi connectivity index (χ3n) is 4.47. The van der Waals surface area contributed by atoms with Crippen LogP contribution >= 0.6 is 0 Å². The minimum Gasteiger partial charge on any atom is -0.463 e. The van der Waals surface area contributed by atoms with E-state index in [1.807, 2.05) is 30.3 Å². The molecule has 1 aliphatic carbocycles. The van der Waals surface area contributed by atoms with Crippen LogP contribution in [0.3, 0.4) is 0 Å². The summed E-state index contributed by atoms with van der Waals surface area (Å²) in [5.41, 5.74) is 3.69. The summed E-state index contributed by atoms with van der Waals surface area (Å²) >= 11 is 0. The average molecular weight is 272 g/mol. The van der Waals surface area contributed by atoms with Crippen LogP contribution in [0.4, 0.5) is 0 Å². The highest BCUT2D eigenvalue weighted by Crippen LogP contribution is 2.37. The first-order valence-electron chi connectivity index (χ1n) is 7.39. The molecule has 2 aliphatic heterocycles. The third kappa shape index (κ3) is 1.49. The molecular formula is C18H13BO2. The molecule has 0 saturated heterocycles. The second kappa shape index (κ2) is 4.04. The summed E-state index contributed by atoms with van der Waals surface area (Å²) in [6, 6.07) is 14.4. The Balaban J connectivity index is 1.83. The molecule has 5 rings (SSSR count). The maximum atomic E-state index is 6.15. The molecule has 2 nitrogen and oxygen atoms in total. The SMILES string of the molecule is C1=CC2=C(CC1)Oc1cccc3c1B2c1ccccc1O3. The number of allylic oxidation sites excluding steroid dienone is 4. The van der Waals surface area contributed by atoms with E-state index in [-0.39, 0.29) is 6.71 Å². The maximum Gasteiger partial charge on any atom is 0.260 e. The van der Waals surface area contributed by atoms with Gasteiger partial charge in [0.05, 0.1) is 5.76 Å². The monoisotopic (exact) mass is 272 g/mol. The van der Waals surface area contributed by atoms with Crippen LogP contribution in [-0.4, -0.2) is 6.71 Å². The first-order chi connectivity index (χ1) is 10.4. The number of rotatable bonds is 0. The topological polar surface area (TPSA) is 18.5 Å². The van der Waals surface area contributed by atoms with Crippen LogP contribution in [0, 0.1) is 0 Å². The molecule has 2 aromatic rings. The fraction of sp³-hybridized carbons (Fsp3) is 0.111. The summed E-state index contributed by atoms with van der Waals surface area (Å²) in [5.74, 6) is 3.94. The van der Waals surface area contributed by atoms with Gasteiger partial charge in [0, 0.05) is 11.9 Å². The zero-order chi connectivity index (χ0) is 13.8. The summed E-state index contributed by atoms with van der Waals surface area (Å²) < 4.78 is 12.2. The highest BCUT2D eigenvalue weighted by molar-refractivity contribution is 6.93. The summed E-state index contributed by atoms with van der Waals surface area (Å²) in [6.07, 6.45) is 6.51. The summed E-state index contributed by atoms with van der Waals surface area (Å²) in [4.78, 5) is 0. The second-order valence-electron chi connectivity index (χ2n) is 5.66. The van der Waals surface area contributed by atoms with Crippen molar-refractivity contribution in [2.45, 2.75) is 12.8 Å². The van der Waals surface area contributed by atoms with Gasteiger partial charge in [-0.1, -0.05) is 36.4 Å². The molecule has 2 heterocycles. The van der Waals surface area contributed by atoms with Crippen LogP contribution in [0.25, 0.3) is 0 Å². The fourth-order valence-corrected chi connectivity index (χ4v) is 3.56. The predicted octanol–water partition coefficient (Wildman–Crippen LogP) is 2.94. The van der Waals surface area contributed by atoms with Crippen molar-refractivity contribution >= 4 is 17.6 Å². The molecule has 0 amide bonds. The lowest BCUT2D eigenvalue weighted by molar-refractivity contribution is 0.396. The molecule has 0 bridgehead atoms. The Labute approximate surface area is 123 Å². The van der Waals surface area contributed by atoms with Crippen molar-refractivity contribution in [3.8, 4) is 17.2 Å². The Morgan fingerprint density at radius 1 is 0.857 bits per heavy atom. The summed E-state index contributed by atoms with van der Waals surface area (Å²) in [5, 5.41) is 0. The molecule has 2 aromatic carbocycles. The molecule has 0 saturated carbocycles. The molecule has 0 fully saturated rings. The van der Waals surface area contributed by atoms with Crippen LogP contribution < -0.4 is 20.4 Å². The normalized spacial score (nSPS) is 17.4. The highest BCUT2D eigenvalue weighted by Gasteiger charge is 2.40. The minimum atomic E-state index is 0.237. The van der Waals surface area contributed by atoms with E-state index < -0.39 is 0 Å². The van der Waals surface area contributed by atoms with E-state index in [4.69, 9.17) is 9.47 Å². The Kier molecular flexibility index (Phi) is 2.17. The molecule has 0 atom stereocenters. The lowest BCUT2D eigenvalue weighted by atomic mass is 9.34. The van der Waals surface area contributed by atoms with Crippen molar-refractivity contribution < 1.29 is 9.47 Å². The average Bonchev–Trinajstić information content (AvgIpc) is 2.54. The quantitative estimate of drug-likeness (QED) is 0.686. The van der Waals surface area contributed by atoms with E-state index in [1.54, 1.807) is 0 Å². The van der Waals surface area contributed by atoms with E-state index in [1.165, 1.54) is 16.4 Å². The van der Waals surface area contributed by atoms with Crippen LogP contribution in [0.1, 0.15) is 12.8 Å². The number of para-hydroxylation sites is 1. The van der Waals surface area contributed by atoms with Crippen LogP contribution in [0.2, 0.25) is 0 Å². The van der Waals surface area contributed by atoms with Gasteiger partial charge in [0.2, 0.25) is 0 Å². The van der Waals surface area contributed by atoms with Crippen molar-refractivity contribution in [1.29, 1.82) is 0 Å². The number of hydrogen-bond acceptors (Lipinski definition) is 2. The van der Waals surface area contributed by atoms with E-state index in [9.17, 15) is 0 Å². The van der Waals surface area contributed by atoms with Crippen LogP contribution in [0.15, 0.2) is 65.8 Å². The molecule has 0 radical (unpaired) electrons. The summed E-state index contributed by atoms with van der Waals surface area (Å²) in [6.45, 7) is 0.237. The molecule has 21 heavy (non-hydrogen) atoms. The number of ether oxygens (including phenoxy) is 2. The van der Waals surface area contributed by atoms with Gasteiger partial charge in [-0.25, -0.2) is 0 Å². The zero-order valence-corrected chi connectivity index (χ0v) is 11.5. The minimum absolute atomic E-state index is 0.237. The fourth-order valence-electron chi connectivity index (χ4n) is 3.56. The number of benzene rings is 2. The van der Waals surface area contributed by atoms with Gasteiger partial charge >= 0.3 is 0 Å². The van der Waals surface area contributed by atoms with Crippen LogP contribution in [-0.2, 0) is 0 Å². The molecule has 100 valence electrons. The van der Waals surface area contributed by atoms with E-state index in [0.29, 0.717) is 0 Å². The van der Waals surface area contributed by atoms with Crippen molar-refractivity contribution in [2.75, 3.05) is 0 Å². The summed E-state index contributed by atoms with van der Waals surface area (Å²) in [7, 11) is 0. The van der Waals surface area contributed by atoms with Crippen molar-refractivity contribution in [1.82, 2.24) is 0 Å². The van der Waals surface area contributed by atoms with Gasteiger partial charge in [0.25, 0.3) is 6.71 Å². The Morgan fingerprint density at radius 2 is 1.67 bits per heavy atom. The molecule has 0 spiro atoms. The molecule has 0 unspecified atom stereocenters. The first-order valence-corrected chi connectivity index (χ1v) is 7.39. The Morgan fingerprint density at radius 3 is 2.62 bits per heavy atom. The van der Waals surface area contributed by atoms with Crippen molar-refractivity contribution in [2.24, 2.45) is 0 Å². The van der Waals surface area contributed by atoms with Gasteiger partial charge in [0.15, 0.2) is 0 Å². The van der Waals surface area contributed by atoms with Crippen molar-refractivity contribution in [3.63, 3.8) is 0 Å². The standard InChI is InChI=1S/C18H13BO2/c1-3-8-14-12(6-1)19-13-7-2-4-9-15(13)21-17-11-5-10-16(20-14)18(17)19/h1-3,5-8,10-11H,4,9H2.